The van der Waals surface area contributed by atoms with Crippen LogP contribution in [-0.2, 0) is 22.7 Å². The maximum absolute atomic E-state index is 12.5. The van der Waals surface area contributed by atoms with E-state index in [2.05, 4.69) is 5.10 Å². The van der Waals surface area contributed by atoms with E-state index < -0.39 is 12.0 Å². The van der Waals surface area contributed by atoms with Gasteiger partial charge in [0.25, 0.3) is 0 Å². The number of nitrogens with zero attached hydrogens (tertiary/aromatic N) is 3. The number of benzene rings is 1. The van der Waals surface area contributed by atoms with Gasteiger partial charge in [-0.25, -0.2) is 4.79 Å². The van der Waals surface area contributed by atoms with Crippen LogP contribution in [0.25, 0.3) is 0 Å². The van der Waals surface area contributed by atoms with Crippen molar-refractivity contribution in [2.45, 2.75) is 33.0 Å². The maximum atomic E-state index is 12.5. The van der Waals surface area contributed by atoms with Gasteiger partial charge in [0.15, 0.2) is 0 Å². The van der Waals surface area contributed by atoms with Crippen LogP contribution < -0.4 is 0 Å². The van der Waals surface area contributed by atoms with Gasteiger partial charge in [0.05, 0.1) is 6.20 Å². The Bertz CT molecular complexity index is 652. The maximum Gasteiger partial charge on any atom is 0.326 e. The van der Waals surface area contributed by atoms with Crippen molar-refractivity contribution in [2.75, 3.05) is 0 Å². The molecule has 0 saturated heterocycles. The molecular formula is C16H19N3O3. The van der Waals surface area contributed by atoms with Gasteiger partial charge in [-0.15, -0.1) is 0 Å². The van der Waals surface area contributed by atoms with Crippen molar-refractivity contribution in [2.24, 2.45) is 0 Å². The number of carbonyl (C=O) groups excluding carboxylic acids is 1. The Morgan fingerprint density at radius 2 is 2.00 bits per heavy atom. The first-order chi connectivity index (χ1) is 10.5. The standard InChI is InChI=1S/C16H19N3O3/c1-12-8-17-18(9-12)11-15(20)19(13(2)16(21)22)10-14-6-4-3-5-7-14/h3-9,13H,10-11H2,1-2H3,(H,21,22). The summed E-state index contributed by atoms with van der Waals surface area (Å²) in [7, 11) is 0. The minimum atomic E-state index is -1.03. The van der Waals surface area contributed by atoms with Crippen LogP contribution in [0, 0.1) is 6.92 Å². The van der Waals surface area contributed by atoms with E-state index in [1.54, 1.807) is 12.4 Å². The molecule has 0 aliphatic carbocycles. The van der Waals surface area contributed by atoms with Crippen LogP contribution in [0.5, 0.6) is 0 Å². The van der Waals surface area contributed by atoms with Crippen LogP contribution in [0.3, 0.4) is 0 Å². The molecule has 22 heavy (non-hydrogen) atoms. The first kappa shape index (κ1) is 15.8. The number of aromatic nitrogens is 2. The van der Waals surface area contributed by atoms with Crippen molar-refractivity contribution in [3.63, 3.8) is 0 Å². The van der Waals surface area contributed by atoms with Crippen LogP contribution >= 0.6 is 0 Å². The van der Waals surface area contributed by atoms with Gasteiger partial charge in [-0.3, -0.25) is 9.48 Å². The molecule has 1 aromatic carbocycles. The lowest BCUT2D eigenvalue weighted by atomic mass is 10.1. The lowest BCUT2D eigenvalue weighted by Gasteiger charge is -2.26. The third kappa shape index (κ3) is 3.94. The van der Waals surface area contributed by atoms with E-state index in [4.69, 9.17) is 0 Å². The van der Waals surface area contributed by atoms with Crippen LogP contribution in [0.2, 0.25) is 0 Å². The summed E-state index contributed by atoms with van der Waals surface area (Å²) in [5.41, 5.74) is 1.84. The van der Waals surface area contributed by atoms with Crippen LogP contribution in [0.1, 0.15) is 18.1 Å². The number of aliphatic carboxylic acids is 1. The van der Waals surface area contributed by atoms with Crippen molar-refractivity contribution in [1.29, 1.82) is 0 Å². The van der Waals surface area contributed by atoms with E-state index in [9.17, 15) is 14.7 Å². The molecule has 6 nitrogen and oxygen atoms in total. The minimum Gasteiger partial charge on any atom is -0.480 e. The quantitative estimate of drug-likeness (QED) is 0.881. The molecule has 0 saturated carbocycles. The molecule has 1 unspecified atom stereocenters. The molecule has 0 aliphatic rings. The molecule has 2 aromatic rings. The number of carboxylic acids is 1. The van der Waals surface area contributed by atoms with E-state index >= 15 is 0 Å². The molecule has 0 bridgehead atoms. The van der Waals surface area contributed by atoms with Gasteiger partial charge in [-0.2, -0.15) is 5.10 Å². The lowest BCUT2D eigenvalue weighted by Crippen LogP contribution is -2.44. The molecule has 1 heterocycles. The Kier molecular flexibility index (Phi) is 4.93. The summed E-state index contributed by atoms with van der Waals surface area (Å²) >= 11 is 0. The van der Waals surface area contributed by atoms with E-state index in [1.165, 1.54) is 16.5 Å². The zero-order valence-corrected chi connectivity index (χ0v) is 12.6. The zero-order chi connectivity index (χ0) is 16.1. The molecule has 0 radical (unpaired) electrons. The third-order valence-electron chi connectivity index (χ3n) is 3.40. The third-order valence-corrected chi connectivity index (χ3v) is 3.40. The molecule has 1 atom stereocenters. The van der Waals surface area contributed by atoms with Crippen molar-refractivity contribution >= 4 is 11.9 Å². The molecule has 0 fully saturated rings. The fourth-order valence-corrected chi connectivity index (χ4v) is 2.14. The topological polar surface area (TPSA) is 75.4 Å². The summed E-state index contributed by atoms with van der Waals surface area (Å²) in [6.07, 6.45) is 3.42. The van der Waals surface area contributed by atoms with Crippen LogP contribution in [-0.4, -0.2) is 37.7 Å². The highest BCUT2D eigenvalue weighted by Crippen LogP contribution is 2.10. The molecule has 1 N–H and O–H groups in total. The monoisotopic (exact) mass is 301 g/mol. The molecule has 1 amide bonds. The van der Waals surface area contributed by atoms with Crippen LogP contribution in [0.4, 0.5) is 0 Å². The summed E-state index contributed by atoms with van der Waals surface area (Å²) in [4.78, 5) is 25.1. The van der Waals surface area contributed by atoms with E-state index in [0.29, 0.717) is 0 Å². The van der Waals surface area contributed by atoms with E-state index in [-0.39, 0.29) is 19.0 Å². The molecule has 6 heteroatoms. The number of carboxylic acid groups (broad SMARTS) is 1. The first-order valence-electron chi connectivity index (χ1n) is 7.02. The summed E-state index contributed by atoms with van der Waals surface area (Å²) < 4.78 is 1.52. The molecule has 116 valence electrons. The van der Waals surface area contributed by atoms with Gasteiger partial charge in [-0.05, 0) is 25.0 Å². The summed E-state index contributed by atoms with van der Waals surface area (Å²) in [5.74, 6) is -1.30. The van der Waals surface area contributed by atoms with Gasteiger partial charge < -0.3 is 10.0 Å². The average molecular weight is 301 g/mol. The Morgan fingerprint density at radius 3 is 2.55 bits per heavy atom. The Hall–Kier alpha value is -2.63. The van der Waals surface area contributed by atoms with Crippen molar-refractivity contribution < 1.29 is 14.7 Å². The molecule has 0 aliphatic heterocycles. The normalized spacial score (nSPS) is 11.9. The summed E-state index contributed by atoms with van der Waals surface area (Å²) in [6.45, 7) is 3.68. The average Bonchev–Trinajstić information content (AvgIpc) is 2.90. The van der Waals surface area contributed by atoms with E-state index in [0.717, 1.165) is 11.1 Å². The Morgan fingerprint density at radius 1 is 1.32 bits per heavy atom. The highest BCUT2D eigenvalue weighted by atomic mass is 16.4. The van der Waals surface area contributed by atoms with Crippen molar-refractivity contribution in [1.82, 2.24) is 14.7 Å². The number of amides is 1. The molecule has 2 rings (SSSR count). The Balaban J connectivity index is 2.16. The second-order valence-electron chi connectivity index (χ2n) is 5.24. The first-order valence-corrected chi connectivity index (χ1v) is 7.02. The second-order valence-corrected chi connectivity index (χ2v) is 5.24. The fourth-order valence-electron chi connectivity index (χ4n) is 2.14. The molecular weight excluding hydrogens is 282 g/mol. The smallest absolute Gasteiger partial charge is 0.326 e. The van der Waals surface area contributed by atoms with E-state index in [1.807, 2.05) is 37.3 Å². The highest BCUT2D eigenvalue weighted by Gasteiger charge is 2.25. The largest absolute Gasteiger partial charge is 0.480 e. The zero-order valence-electron chi connectivity index (χ0n) is 12.6. The SMILES string of the molecule is Cc1cnn(CC(=O)N(Cc2ccccc2)C(C)C(=O)O)c1. The van der Waals surface area contributed by atoms with Crippen molar-refractivity contribution in [3.05, 3.63) is 53.9 Å². The number of carbonyl (C=O) groups is 2. The number of rotatable bonds is 6. The number of hydrogen-bond acceptors (Lipinski definition) is 3. The molecule has 0 spiro atoms. The summed E-state index contributed by atoms with van der Waals surface area (Å²) in [5, 5.41) is 13.3. The fraction of sp³-hybridized carbons (Fsp3) is 0.312. The van der Waals surface area contributed by atoms with Gasteiger partial charge in [0, 0.05) is 12.7 Å². The van der Waals surface area contributed by atoms with Gasteiger partial charge in [0.1, 0.15) is 12.6 Å². The highest BCUT2D eigenvalue weighted by molar-refractivity contribution is 5.83. The lowest BCUT2D eigenvalue weighted by molar-refractivity contribution is -0.150. The van der Waals surface area contributed by atoms with Crippen LogP contribution in [0.15, 0.2) is 42.7 Å². The summed E-state index contributed by atoms with van der Waals surface area (Å²) in [6, 6.07) is 8.44. The predicted molar refractivity (Wildman–Crippen MR) is 81.1 cm³/mol. The second kappa shape index (κ2) is 6.89. The number of aryl methyl sites for hydroxylation is 1. The van der Waals surface area contributed by atoms with Gasteiger partial charge in [0.2, 0.25) is 5.91 Å². The number of hydrogen-bond donors (Lipinski definition) is 1. The van der Waals surface area contributed by atoms with Gasteiger partial charge >= 0.3 is 5.97 Å². The molecule has 1 aromatic heterocycles. The predicted octanol–water partition coefficient (Wildman–Crippen LogP) is 1.69. The minimum absolute atomic E-state index is 0.0261. The Labute approximate surface area is 129 Å². The van der Waals surface area contributed by atoms with Gasteiger partial charge in [-0.1, -0.05) is 30.3 Å². The van der Waals surface area contributed by atoms with Crippen molar-refractivity contribution in [3.8, 4) is 0 Å².